The molecule has 16 nitrogen and oxygen atoms in total. The van der Waals surface area contributed by atoms with E-state index in [4.69, 9.17) is 9.57 Å². The Morgan fingerprint density at radius 1 is 1.30 bits per heavy atom. The number of aromatic nitrogens is 3. The number of anilines is 1. The van der Waals surface area contributed by atoms with E-state index in [0.717, 1.165) is 0 Å². The average molecular weight is 667 g/mol. The van der Waals surface area contributed by atoms with Crippen LogP contribution in [0.3, 0.4) is 0 Å². The number of thioether (sulfide) groups is 2. The van der Waals surface area contributed by atoms with Crippen LogP contribution in [0.2, 0.25) is 0 Å². The molecule has 2 aliphatic heterocycles. The lowest BCUT2D eigenvalue weighted by atomic mass is 9.89. The van der Waals surface area contributed by atoms with E-state index in [1.165, 1.54) is 59.0 Å². The van der Waals surface area contributed by atoms with E-state index in [2.05, 4.69) is 36.3 Å². The first kappa shape index (κ1) is 32.9. The van der Waals surface area contributed by atoms with Gasteiger partial charge >= 0.3 is 12.1 Å². The van der Waals surface area contributed by atoms with Gasteiger partial charge in [0, 0.05) is 18.1 Å². The first-order valence-electron chi connectivity index (χ1n) is 13.0. The second-order valence-corrected chi connectivity index (χ2v) is 14.0. The number of oxime groups is 1. The third-order valence-corrected chi connectivity index (χ3v) is 10.1. The Morgan fingerprint density at radius 3 is 2.75 bits per heavy atom. The summed E-state index contributed by atoms with van der Waals surface area (Å²) in [4.78, 5) is 71.7. The summed E-state index contributed by atoms with van der Waals surface area (Å²) in [6.45, 7) is 5.32. The molecule has 4 heterocycles. The van der Waals surface area contributed by atoms with Gasteiger partial charge in [0.1, 0.15) is 46.1 Å². The molecule has 2 fully saturated rings. The molecule has 2 aromatic rings. The monoisotopic (exact) mass is 666 g/mol. The van der Waals surface area contributed by atoms with E-state index in [-0.39, 0.29) is 41.8 Å². The molecule has 0 saturated carbocycles. The highest BCUT2D eigenvalue weighted by molar-refractivity contribution is 8.01. The molecule has 0 radical (unpaired) electrons. The molecule has 4 amide bonds. The van der Waals surface area contributed by atoms with Crippen molar-refractivity contribution < 1.29 is 38.7 Å². The quantitative estimate of drug-likeness (QED) is 0.0823. The molecule has 2 unspecified atom stereocenters. The molecule has 4 rings (SSSR count). The van der Waals surface area contributed by atoms with E-state index < -0.39 is 46.3 Å². The molecule has 2 aliphatic rings. The maximum absolute atomic E-state index is 13.1. The van der Waals surface area contributed by atoms with Crippen LogP contribution in [0.5, 0.6) is 0 Å². The first-order chi connectivity index (χ1) is 20.9. The first-order valence-corrected chi connectivity index (χ1v) is 15.9. The summed E-state index contributed by atoms with van der Waals surface area (Å²) in [5, 5.41) is 29.7. The van der Waals surface area contributed by atoms with Gasteiger partial charge in [0.2, 0.25) is 12.3 Å². The maximum Gasteiger partial charge on any atom is 0.408 e. The zero-order chi connectivity index (χ0) is 32.1. The Kier molecular flexibility index (Phi) is 10.3. The molecule has 2 saturated heterocycles. The van der Waals surface area contributed by atoms with Gasteiger partial charge in [-0.05, 0) is 32.9 Å². The SMILES string of the molecule is CON=C(C(=O)NC1C(=O)N2CC(CSc3nnc(CNC(=O)OC(C)(C)C)s3)(C(=O)O)CS[C@H]12)c1cccc(NC=O)n1. The van der Waals surface area contributed by atoms with E-state index in [1.54, 1.807) is 26.8 Å². The predicted molar refractivity (Wildman–Crippen MR) is 161 cm³/mol. The highest BCUT2D eigenvalue weighted by Crippen LogP contribution is 2.44. The minimum absolute atomic E-state index is 0.0515. The van der Waals surface area contributed by atoms with Crippen molar-refractivity contribution in [1.29, 1.82) is 0 Å². The van der Waals surface area contributed by atoms with Crippen LogP contribution in [0.25, 0.3) is 0 Å². The van der Waals surface area contributed by atoms with Crippen LogP contribution >= 0.6 is 34.9 Å². The normalized spacial score (nSPS) is 21.4. The number of aliphatic carboxylic acids is 1. The van der Waals surface area contributed by atoms with Crippen LogP contribution in [-0.4, -0.2) is 103 Å². The molecule has 19 heteroatoms. The van der Waals surface area contributed by atoms with E-state index in [1.807, 2.05) is 0 Å². The van der Waals surface area contributed by atoms with Crippen molar-refractivity contribution in [3.63, 3.8) is 0 Å². The van der Waals surface area contributed by atoms with E-state index in [9.17, 15) is 29.1 Å². The zero-order valence-corrected chi connectivity index (χ0v) is 26.5. The van der Waals surface area contributed by atoms with Crippen molar-refractivity contribution in [2.45, 2.75) is 48.7 Å². The van der Waals surface area contributed by atoms with Gasteiger partial charge < -0.3 is 35.5 Å². The van der Waals surface area contributed by atoms with Gasteiger partial charge in [0.05, 0.1) is 6.54 Å². The van der Waals surface area contributed by atoms with Gasteiger partial charge in [-0.2, -0.15) is 0 Å². The number of rotatable bonds is 12. The fourth-order valence-electron chi connectivity index (χ4n) is 4.15. The summed E-state index contributed by atoms with van der Waals surface area (Å²) in [5.41, 5.74) is -2.00. The minimum atomic E-state index is -1.27. The molecule has 236 valence electrons. The van der Waals surface area contributed by atoms with Crippen molar-refractivity contribution >= 4 is 76.7 Å². The lowest BCUT2D eigenvalue weighted by Crippen LogP contribution is -2.74. The van der Waals surface area contributed by atoms with Gasteiger partial charge in [0.25, 0.3) is 5.91 Å². The lowest BCUT2D eigenvalue weighted by molar-refractivity contribution is -0.157. The molecule has 44 heavy (non-hydrogen) atoms. The molecule has 2 aromatic heterocycles. The van der Waals surface area contributed by atoms with Crippen molar-refractivity contribution in [1.82, 2.24) is 30.7 Å². The van der Waals surface area contributed by atoms with E-state index in [0.29, 0.717) is 15.8 Å². The number of nitrogens with one attached hydrogen (secondary N) is 3. The lowest BCUT2D eigenvalue weighted by Gasteiger charge is -2.53. The van der Waals surface area contributed by atoms with Gasteiger partial charge in [-0.1, -0.05) is 34.3 Å². The highest BCUT2D eigenvalue weighted by atomic mass is 32.2. The molecule has 3 atom stereocenters. The Balaban J connectivity index is 1.35. The van der Waals surface area contributed by atoms with Crippen LogP contribution in [0, 0.1) is 5.41 Å². The Morgan fingerprint density at radius 2 is 2.07 bits per heavy atom. The van der Waals surface area contributed by atoms with Crippen molar-refractivity contribution in [2.75, 3.05) is 30.5 Å². The number of hydrogen-bond donors (Lipinski definition) is 4. The van der Waals surface area contributed by atoms with Crippen LogP contribution in [0.15, 0.2) is 27.7 Å². The number of carbonyl (C=O) groups excluding carboxylic acids is 4. The summed E-state index contributed by atoms with van der Waals surface area (Å²) in [5.74, 6) is -1.72. The van der Waals surface area contributed by atoms with Crippen LogP contribution in [0.1, 0.15) is 31.5 Å². The number of hydrogen-bond acceptors (Lipinski definition) is 14. The third kappa shape index (κ3) is 7.75. The summed E-state index contributed by atoms with van der Waals surface area (Å²) < 4.78 is 5.72. The second kappa shape index (κ2) is 13.8. The molecule has 0 bridgehead atoms. The topological polar surface area (TPSA) is 214 Å². The number of nitrogens with zero attached hydrogens (tertiary/aromatic N) is 5. The van der Waals surface area contributed by atoms with Crippen molar-refractivity contribution in [2.24, 2.45) is 10.6 Å². The second-order valence-electron chi connectivity index (χ2n) is 10.6. The molecule has 4 N–H and O–H groups in total. The van der Waals surface area contributed by atoms with Crippen LogP contribution < -0.4 is 16.0 Å². The number of amides is 4. The number of carboxylic acid groups (broad SMARTS) is 1. The Hall–Kier alpha value is -3.97. The smallest absolute Gasteiger partial charge is 0.408 e. The largest absolute Gasteiger partial charge is 0.481 e. The molecular weight excluding hydrogens is 637 g/mol. The van der Waals surface area contributed by atoms with Gasteiger partial charge in [-0.15, -0.1) is 22.0 Å². The third-order valence-electron chi connectivity index (χ3n) is 6.18. The number of carboxylic acids is 1. The number of carbonyl (C=O) groups is 5. The van der Waals surface area contributed by atoms with Crippen LogP contribution in [0.4, 0.5) is 10.6 Å². The summed E-state index contributed by atoms with van der Waals surface area (Å²) in [6, 6.07) is 3.67. The maximum atomic E-state index is 13.1. The summed E-state index contributed by atoms with van der Waals surface area (Å²) in [6.07, 6.45) is -0.150. The Labute approximate surface area is 264 Å². The van der Waals surface area contributed by atoms with Gasteiger partial charge in [0.15, 0.2) is 10.1 Å². The number of fused-ring (bicyclic) bond motifs is 1. The van der Waals surface area contributed by atoms with Crippen molar-refractivity contribution in [3.8, 4) is 0 Å². The molecule has 0 aromatic carbocycles. The fraction of sp³-hybridized carbons (Fsp3) is 0.480. The molecule has 0 spiro atoms. The fourth-order valence-corrected chi connectivity index (χ4v) is 7.85. The van der Waals surface area contributed by atoms with Gasteiger partial charge in [-0.25, -0.2) is 9.78 Å². The molecule has 0 aliphatic carbocycles. The standard InChI is InChI=1S/C25H30N8O8S3/c1-24(2,3)41-22(39)26-8-15-30-31-23(44-15)43-11-25(21(37)38)9-33-19(36)17(20(33)42-10-25)29-18(35)16(32-40-4)13-6-5-7-14(28-13)27-12-34/h5-7,12,17,20H,8-11H2,1-4H3,(H,26,39)(H,29,35)(H,37,38)(H,27,28,34)/t17?,20-,25?/m1/s1. The molecular formula is C25H30N8O8S3. The zero-order valence-electron chi connectivity index (χ0n) is 24.1. The highest BCUT2D eigenvalue weighted by Gasteiger charge is 2.57. The summed E-state index contributed by atoms with van der Waals surface area (Å²) >= 11 is 3.68. The predicted octanol–water partition coefficient (Wildman–Crippen LogP) is 1.14. The number of alkyl carbamates (subject to hydrolysis) is 1. The van der Waals surface area contributed by atoms with E-state index >= 15 is 0 Å². The van der Waals surface area contributed by atoms with Gasteiger partial charge in [-0.3, -0.25) is 19.2 Å². The minimum Gasteiger partial charge on any atom is -0.481 e. The number of β-lactam (4-membered cyclic amide) rings is 1. The Bertz CT molecular complexity index is 1460. The van der Waals surface area contributed by atoms with Crippen molar-refractivity contribution in [3.05, 3.63) is 28.9 Å². The summed E-state index contributed by atoms with van der Waals surface area (Å²) in [7, 11) is 1.25. The average Bonchev–Trinajstić information content (AvgIpc) is 3.43. The number of ether oxygens (including phenoxy) is 1. The van der Waals surface area contributed by atoms with Crippen LogP contribution in [-0.2, 0) is 35.3 Å². The number of pyridine rings is 1.